The smallest absolute Gasteiger partial charge is 0.238 e. The van der Waals surface area contributed by atoms with E-state index in [1.54, 1.807) is 7.11 Å². The van der Waals surface area contributed by atoms with E-state index in [-0.39, 0.29) is 17.4 Å². The highest BCUT2D eigenvalue weighted by atomic mass is 32.1. The molecule has 0 unspecified atom stereocenters. The lowest BCUT2D eigenvalue weighted by Crippen LogP contribution is -2.49. The average molecular weight is 382 g/mol. The second kappa shape index (κ2) is 11.0. The molecule has 0 aliphatic carbocycles. The number of hydrazine groups is 1. The van der Waals surface area contributed by atoms with Crippen molar-refractivity contribution in [1.82, 2.24) is 16.2 Å². The van der Waals surface area contributed by atoms with Gasteiger partial charge in [0.1, 0.15) is 5.75 Å². The lowest BCUT2D eigenvalue weighted by molar-refractivity contribution is -0.121. The summed E-state index contributed by atoms with van der Waals surface area (Å²) in [5.41, 5.74) is 6.63. The summed E-state index contributed by atoms with van der Waals surface area (Å²) in [5, 5.41) is 3.36. The zero-order valence-electron chi connectivity index (χ0n) is 16.3. The van der Waals surface area contributed by atoms with Gasteiger partial charge in [-0.25, -0.2) is 0 Å². The van der Waals surface area contributed by atoms with Gasteiger partial charge in [0.25, 0.3) is 0 Å². The maximum Gasteiger partial charge on any atom is 0.238 e. The molecule has 0 saturated carbocycles. The fraction of sp³-hybridized carbons (Fsp3) is 0.579. The molecule has 1 aromatic carbocycles. The molecule has 1 amide bonds. The Kier molecular flexibility index (Phi) is 9.37. The van der Waals surface area contributed by atoms with Gasteiger partial charge in [0, 0.05) is 19.6 Å². The van der Waals surface area contributed by atoms with E-state index in [9.17, 15) is 4.79 Å². The number of amides is 1. The van der Waals surface area contributed by atoms with E-state index in [1.165, 1.54) is 5.56 Å². The number of thiocarbonyl (C=S) groups is 1. The molecule has 1 aromatic rings. The van der Waals surface area contributed by atoms with Gasteiger partial charge < -0.3 is 14.8 Å². The minimum absolute atomic E-state index is 0.0648. The van der Waals surface area contributed by atoms with Crippen LogP contribution >= 0.6 is 12.2 Å². The average Bonchev–Trinajstić information content (AvgIpc) is 2.56. The lowest BCUT2D eigenvalue weighted by Gasteiger charge is -2.19. The number of nitrogens with one attached hydrogen (secondary N) is 3. The zero-order chi connectivity index (χ0) is 19.6. The van der Waals surface area contributed by atoms with Crippen LogP contribution in [0.15, 0.2) is 24.3 Å². The van der Waals surface area contributed by atoms with Gasteiger partial charge in [-0.05, 0) is 48.7 Å². The molecule has 0 saturated heterocycles. The Morgan fingerprint density at radius 2 is 1.85 bits per heavy atom. The molecule has 0 spiro atoms. The van der Waals surface area contributed by atoms with Crippen LogP contribution in [0.5, 0.6) is 5.75 Å². The summed E-state index contributed by atoms with van der Waals surface area (Å²) in [6.07, 6.45) is 0.970. The van der Waals surface area contributed by atoms with Gasteiger partial charge in [-0.15, -0.1) is 0 Å². The molecule has 0 bridgehead atoms. The zero-order valence-corrected chi connectivity index (χ0v) is 17.2. The van der Waals surface area contributed by atoms with E-state index in [0.717, 1.165) is 5.75 Å². The van der Waals surface area contributed by atoms with Crippen LogP contribution in [0.3, 0.4) is 0 Å². The summed E-state index contributed by atoms with van der Waals surface area (Å²) in [6, 6.07) is 8.14. The Morgan fingerprint density at radius 1 is 1.19 bits per heavy atom. The van der Waals surface area contributed by atoms with Gasteiger partial charge in [0.2, 0.25) is 5.91 Å². The summed E-state index contributed by atoms with van der Waals surface area (Å²) >= 11 is 5.08. The monoisotopic (exact) mass is 381 g/mol. The quantitative estimate of drug-likeness (QED) is 0.365. The van der Waals surface area contributed by atoms with E-state index < -0.39 is 0 Å². The van der Waals surface area contributed by atoms with Gasteiger partial charge in [-0.1, -0.05) is 32.9 Å². The van der Waals surface area contributed by atoms with Crippen LogP contribution in [0.2, 0.25) is 0 Å². The summed E-state index contributed by atoms with van der Waals surface area (Å²) in [6.45, 7) is 9.48. The van der Waals surface area contributed by atoms with Crippen molar-refractivity contribution >= 4 is 23.2 Å². The van der Waals surface area contributed by atoms with Gasteiger partial charge in [-0.3, -0.25) is 15.6 Å². The number of rotatable bonds is 8. The first-order valence-corrected chi connectivity index (χ1v) is 9.21. The fourth-order valence-electron chi connectivity index (χ4n) is 2.21. The van der Waals surface area contributed by atoms with Crippen LogP contribution in [0, 0.1) is 0 Å². The number of carbonyl (C=O) groups excluding carboxylic acids is 1. The van der Waals surface area contributed by atoms with E-state index in [0.29, 0.717) is 31.2 Å². The van der Waals surface area contributed by atoms with Crippen LogP contribution < -0.4 is 20.9 Å². The predicted molar refractivity (Wildman–Crippen MR) is 108 cm³/mol. The molecule has 1 rings (SSSR count). The number of ether oxygens (including phenoxy) is 2. The van der Waals surface area contributed by atoms with Crippen LogP contribution in [-0.4, -0.2) is 37.4 Å². The highest BCUT2D eigenvalue weighted by molar-refractivity contribution is 7.80. The molecule has 1 atom stereocenters. The number of hydrogen-bond acceptors (Lipinski definition) is 4. The Morgan fingerprint density at radius 3 is 2.42 bits per heavy atom. The second-order valence-corrected chi connectivity index (χ2v) is 7.64. The molecule has 0 aliphatic heterocycles. The molecule has 3 N–H and O–H groups in total. The highest BCUT2D eigenvalue weighted by Gasteiger charge is 2.13. The van der Waals surface area contributed by atoms with Crippen molar-refractivity contribution in [1.29, 1.82) is 0 Å². The van der Waals surface area contributed by atoms with Crippen molar-refractivity contribution in [3.05, 3.63) is 29.8 Å². The SMILES string of the molecule is COC[C@H](C)NC(=S)NNC(=O)CCCOc1ccc(C(C)(C)C)cc1. The second-order valence-electron chi connectivity index (χ2n) is 7.23. The molecule has 6 nitrogen and oxygen atoms in total. The fourth-order valence-corrected chi connectivity index (χ4v) is 2.47. The standard InChI is InChI=1S/C19H31N3O3S/c1-14(13-24-5)20-18(26)22-21-17(23)7-6-12-25-16-10-8-15(9-11-16)19(2,3)4/h8-11,14H,6-7,12-13H2,1-5H3,(H,21,23)(H2,20,22,26)/t14-/m0/s1. The van der Waals surface area contributed by atoms with Crippen LogP contribution in [0.25, 0.3) is 0 Å². The number of carbonyl (C=O) groups is 1. The Balaban J connectivity index is 2.19. The molecule has 0 fully saturated rings. The first-order valence-electron chi connectivity index (χ1n) is 8.80. The summed E-state index contributed by atoms with van der Waals surface area (Å²) in [7, 11) is 1.62. The normalized spacial score (nSPS) is 12.2. The minimum Gasteiger partial charge on any atom is -0.494 e. The maximum absolute atomic E-state index is 11.8. The summed E-state index contributed by atoms with van der Waals surface area (Å²) in [4.78, 5) is 11.8. The minimum atomic E-state index is -0.139. The molecule has 0 heterocycles. The first kappa shape index (κ1) is 22.2. The lowest BCUT2D eigenvalue weighted by atomic mass is 9.87. The third-order valence-electron chi connectivity index (χ3n) is 3.65. The van der Waals surface area contributed by atoms with Gasteiger partial charge >= 0.3 is 0 Å². The highest BCUT2D eigenvalue weighted by Crippen LogP contribution is 2.24. The van der Waals surface area contributed by atoms with E-state index in [2.05, 4.69) is 49.1 Å². The van der Waals surface area contributed by atoms with Crippen LogP contribution in [-0.2, 0) is 14.9 Å². The van der Waals surface area contributed by atoms with Gasteiger partial charge in [-0.2, -0.15) is 0 Å². The molecule has 7 heteroatoms. The predicted octanol–water partition coefficient (Wildman–Crippen LogP) is 2.67. The van der Waals surface area contributed by atoms with Crippen molar-refractivity contribution in [3.63, 3.8) is 0 Å². The van der Waals surface area contributed by atoms with E-state index >= 15 is 0 Å². The molecular formula is C19H31N3O3S. The molecule has 0 radical (unpaired) electrons. The molecule has 26 heavy (non-hydrogen) atoms. The molecule has 0 aliphatic rings. The van der Waals surface area contributed by atoms with E-state index in [4.69, 9.17) is 21.7 Å². The van der Waals surface area contributed by atoms with Crippen LogP contribution in [0.1, 0.15) is 46.1 Å². The molecule has 146 valence electrons. The molecule has 0 aromatic heterocycles. The summed E-state index contributed by atoms with van der Waals surface area (Å²) < 4.78 is 10.7. The van der Waals surface area contributed by atoms with Gasteiger partial charge in [0.15, 0.2) is 5.11 Å². The number of methoxy groups -OCH3 is 1. The third-order valence-corrected chi connectivity index (χ3v) is 3.87. The van der Waals surface area contributed by atoms with E-state index in [1.807, 2.05) is 19.1 Å². The van der Waals surface area contributed by atoms with Crippen molar-refractivity contribution in [3.8, 4) is 5.75 Å². The summed E-state index contributed by atoms with van der Waals surface area (Å²) in [5.74, 6) is 0.675. The number of benzene rings is 1. The first-order chi connectivity index (χ1) is 12.2. The van der Waals surface area contributed by atoms with Crippen molar-refractivity contribution in [2.75, 3.05) is 20.3 Å². The van der Waals surface area contributed by atoms with Crippen LogP contribution in [0.4, 0.5) is 0 Å². The van der Waals surface area contributed by atoms with Gasteiger partial charge in [0.05, 0.1) is 13.2 Å². The topological polar surface area (TPSA) is 71.6 Å². The van der Waals surface area contributed by atoms with Crippen molar-refractivity contribution < 1.29 is 14.3 Å². The maximum atomic E-state index is 11.8. The largest absolute Gasteiger partial charge is 0.494 e. The Labute approximate surface area is 162 Å². The molecular weight excluding hydrogens is 350 g/mol. The Bertz CT molecular complexity index is 570. The number of hydrogen-bond donors (Lipinski definition) is 3. The Hall–Kier alpha value is -1.86. The van der Waals surface area contributed by atoms with Crippen molar-refractivity contribution in [2.24, 2.45) is 0 Å². The van der Waals surface area contributed by atoms with Crippen molar-refractivity contribution in [2.45, 2.75) is 52.0 Å². The third kappa shape index (κ3) is 9.01.